The van der Waals surface area contributed by atoms with Gasteiger partial charge in [0.15, 0.2) is 0 Å². The number of fused-ring (bicyclic) bond motifs is 1. The maximum Gasteiger partial charge on any atom is 0.407 e. The summed E-state index contributed by atoms with van der Waals surface area (Å²) in [6.45, 7) is 8.68. The molecule has 1 aromatic rings. The minimum atomic E-state index is -0.491. The van der Waals surface area contributed by atoms with E-state index in [1.807, 2.05) is 20.8 Å². The Bertz CT molecular complexity index is 563. The van der Waals surface area contributed by atoms with Crippen molar-refractivity contribution in [3.8, 4) is 0 Å². The van der Waals surface area contributed by atoms with Crippen molar-refractivity contribution in [1.82, 2.24) is 5.32 Å². The first-order chi connectivity index (χ1) is 10.7. The van der Waals surface area contributed by atoms with E-state index in [1.165, 1.54) is 29.5 Å². The number of carbonyl (C=O) groups is 1. The summed E-state index contributed by atoms with van der Waals surface area (Å²) in [6, 6.07) is 6.49. The van der Waals surface area contributed by atoms with Gasteiger partial charge in [0.1, 0.15) is 5.60 Å². The standard InChI is InChI=1S/C19H30N2O2/c1-18(2,3)23-17(22)21-13-19(4,12-20)16-11-7-9-14-8-5-6-10-15(14)16/h7,9,11H,5-6,8,10,12-13,20H2,1-4H3,(H,21,22). The molecular formula is C19H30N2O2. The number of carbonyl (C=O) groups excluding carboxylic acids is 1. The van der Waals surface area contributed by atoms with Crippen LogP contribution in [0.15, 0.2) is 18.2 Å². The van der Waals surface area contributed by atoms with Crippen LogP contribution >= 0.6 is 0 Å². The number of benzene rings is 1. The van der Waals surface area contributed by atoms with Crippen LogP contribution in [0.4, 0.5) is 4.79 Å². The van der Waals surface area contributed by atoms with E-state index in [4.69, 9.17) is 10.5 Å². The third-order valence-electron chi connectivity index (χ3n) is 4.52. The fourth-order valence-electron chi connectivity index (χ4n) is 3.21. The number of hydrogen-bond acceptors (Lipinski definition) is 3. The smallest absolute Gasteiger partial charge is 0.407 e. The van der Waals surface area contributed by atoms with Gasteiger partial charge in [-0.05, 0) is 63.1 Å². The highest BCUT2D eigenvalue weighted by atomic mass is 16.6. The van der Waals surface area contributed by atoms with E-state index >= 15 is 0 Å². The molecule has 1 aliphatic carbocycles. The summed E-state index contributed by atoms with van der Waals surface area (Å²) in [4.78, 5) is 12.0. The molecule has 1 aromatic carbocycles. The predicted octanol–water partition coefficient (Wildman–Crippen LogP) is 3.31. The Balaban J connectivity index is 2.16. The summed E-state index contributed by atoms with van der Waals surface area (Å²) in [7, 11) is 0. The Kier molecular flexibility index (Phi) is 5.35. The lowest BCUT2D eigenvalue weighted by Crippen LogP contribution is -2.45. The van der Waals surface area contributed by atoms with Gasteiger partial charge in [0, 0.05) is 18.5 Å². The molecule has 128 valence electrons. The van der Waals surface area contributed by atoms with E-state index in [9.17, 15) is 4.79 Å². The Morgan fingerprint density at radius 2 is 1.91 bits per heavy atom. The maximum atomic E-state index is 12.0. The number of ether oxygens (including phenoxy) is 1. The first-order valence-electron chi connectivity index (χ1n) is 8.53. The summed E-state index contributed by atoms with van der Waals surface area (Å²) in [5.41, 5.74) is 9.46. The third-order valence-corrected chi connectivity index (χ3v) is 4.52. The van der Waals surface area contributed by atoms with Gasteiger partial charge < -0.3 is 15.8 Å². The molecule has 3 N–H and O–H groups in total. The average Bonchev–Trinajstić information content (AvgIpc) is 2.50. The summed E-state index contributed by atoms with van der Waals surface area (Å²) >= 11 is 0. The molecule has 1 atom stereocenters. The van der Waals surface area contributed by atoms with Crippen molar-refractivity contribution in [2.45, 2.75) is 64.4 Å². The van der Waals surface area contributed by atoms with E-state index in [0.29, 0.717) is 13.1 Å². The van der Waals surface area contributed by atoms with Crippen molar-refractivity contribution in [3.63, 3.8) is 0 Å². The maximum absolute atomic E-state index is 12.0. The normalized spacial score (nSPS) is 17.1. The zero-order valence-electron chi connectivity index (χ0n) is 14.9. The van der Waals surface area contributed by atoms with Crippen LogP contribution in [0, 0.1) is 0 Å². The van der Waals surface area contributed by atoms with Crippen molar-refractivity contribution in [2.75, 3.05) is 13.1 Å². The van der Waals surface area contributed by atoms with E-state index in [0.717, 1.165) is 12.8 Å². The summed E-state index contributed by atoms with van der Waals surface area (Å²) in [5, 5.41) is 2.89. The third kappa shape index (κ3) is 4.47. The van der Waals surface area contributed by atoms with E-state index < -0.39 is 5.60 Å². The Morgan fingerprint density at radius 1 is 1.22 bits per heavy atom. The van der Waals surface area contributed by atoms with Gasteiger partial charge in [-0.1, -0.05) is 25.1 Å². The van der Waals surface area contributed by atoms with Crippen molar-refractivity contribution in [2.24, 2.45) is 5.73 Å². The van der Waals surface area contributed by atoms with Crippen LogP contribution in [0.1, 0.15) is 57.2 Å². The molecule has 23 heavy (non-hydrogen) atoms. The van der Waals surface area contributed by atoms with Gasteiger partial charge in [0.2, 0.25) is 0 Å². The largest absolute Gasteiger partial charge is 0.444 e. The molecule has 0 fully saturated rings. The summed E-state index contributed by atoms with van der Waals surface area (Å²) in [5.74, 6) is 0. The van der Waals surface area contributed by atoms with Crippen LogP contribution < -0.4 is 11.1 Å². The van der Waals surface area contributed by atoms with E-state index in [2.05, 4.69) is 30.4 Å². The molecule has 4 heteroatoms. The molecule has 0 radical (unpaired) electrons. The summed E-state index contributed by atoms with van der Waals surface area (Å²) in [6.07, 6.45) is 4.34. The molecule has 1 amide bonds. The molecule has 0 saturated carbocycles. The van der Waals surface area contributed by atoms with Crippen LogP contribution in [0.5, 0.6) is 0 Å². The van der Waals surface area contributed by atoms with Crippen LogP contribution in [0.25, 0.3) is 0 Å². The number of nitrogens with one attached hydrogen (secondary N) is 1. The molecule has 0 spiro atoms. The highest BCUT2D eigenvalue weighted by Gasteiger charge is 2.30. The quantitative estimate of drug-likeness (QED) is 0.895. The van der Waals surface area contributed by atoms with Crippen molar-refractivity contribution >= 4 is 6.09 Å². The Labute approximate surface area is 139 Å². The molecule has 2 rings (SSSR count). The van der Waals surface area contributed by atoms with Crippen LogP contribution in [0.3, 0.4) is 0 Å². The van der Waals surface area contributed by atoms with Crippen LogP contribution in [0.2, 0.25) is 0 Å². The van der Waals surface area contributed by atoms with E-state index in [-0.39, 0.29) is 11.5 Å². The number of amides is 1. The number of hydrogen-bond donors (Lipinski definition) is 2. The number of nitrogens with two attached hydrogens (primary N) is 1. The predicted molar refractivity (Wildman–Crippen MR) is 93.7 cm³/mol. The zero-order valence-corrected chi connectivity index (χ0v) is 14.9. The second kappa shape index (κ2) is 6.91. The highest BCUT2D eigenvalue weighted by molar-refractivity contribution is 5.68. The SMILES string of the molecule is CC(C)(C)OC(=O)NCC(C)(CN)c1cccc2c1CCCC2. The van der Waals surface area contributed by atoms with Crippen LogP contribution in [-0.2, 0) is 23.0 Å². The topological polar surface area (TPSA) is 64.3 Å². The van der Waals surface area contributed by atoms with Gasteiger partial charge in [0.25, 0.3) is 0 Å². The molecule has 4 nitrogen and oxygen atoms in total. The highest BCUT2D eigenvalue weighted by Crippen LogP contribution is 2.32. The Hall–Kier alpha value is -1.55. The minimum Gasteiger partial charge on any atom is -0.444 e. The second-order valence-electron chi connectivity index (χ2n) is 7.77. The fraction of sp³-hybridized carbons (Fsp3) is 0.632. The number of alkyl carbamates (subject to hydrolysis) is 1. The molecule has 0 aromatic heterocycles. The molecular weight excluding hydrogens is 288 g/mol. The second-order valence-corrected chi connectivity index (χ2v) is 7.77. The van der Waals surface area contributed by atoms with Gasteiger partial charge >= 0.3 is 6.09 Å². The minimum absolute atomic E-state index is 0.278. The molecule has 1 unspecified atom stereocenters. The lowest BCUT2D eigenvalue weighted by atomic mass is 9.75. The molecule has 0 saturated heterocycles. The van der Waals surface area contributed by atoms with Gasteiger partial charge in [-0.3, -0.25) is 0 Å². The number of aryl methyl sites for hydroxylation is 1. The van der Waals surface area contributed by atoms with Gasteiger partial charge in [-0.2, -0.15) is 0 Å². The monoisotopic (exact) mass is 318 g/mol. The van der Waals surface area contributed by atoms with Crippen LogP contribution in [-0.4, -0.2) is 24.8 Å². The molecule has 0 aliphatic heterocycles. The van der Waals surface area contributed by atoms with Crippen molar-refractivity contribution < 1.29 is 9.53 Å². The van der Waals surface area contributed by atoms with Gasteiger partial charge in [-0.15, -0.1) is 0 Å². The summed E-state index contributed by atoms with van der Waals surface area (Å²) < 4.78 is 5.34. The van der Waals surface area contributed by atoms with Crippen molar-refractivity contribution in [1.29, 1.82) is 0 Å². The average molecular weight is 318 g/mol. The van der Waals surface area contributed by atoms with E-state index in [1.54, 1.807) is 0 Å². The molecule has 0 heterocycles. The first-order valence-corrected chi connectivity index (χ1v) is 8.53. The van der Waals surface area contributed by atoms with Crippen molar-refractivity contribution in [3.05, 3.63) is 34.9 Å². The van der Waals surface area contributed by atoms with Gasteiger partial charge in [-0.25, -0.2) is 4.79 Å². The molecule has 0 bridgehead atoms. The van der Waals surface area contributed by atoms with Gasteiger partial charge in [0.05, 0.1) is 0 Å². The first kappa shape index (κ1) is 17.8. The number of rotatable bonds is 4. The fourth-order valence-corrected chi connectivity index (χ4v) is 3.21. The zero-order chi connectivity index (χ0) is 17.1. The molecule has 1 aliphatic rings. The Morgan fingerprint density at radius 3 is 2.57 bits per heavy atom. The lowest BCUT2D eigenvalue weighted by Gasteiger charge is -2.33. The lowest BCUT2D eigenvalue weighted by molar-refractivity contribution is 0.0516.